The van der Waals surface area contributed by atoms with Crippen LogP contribution in [0.2, 0.25) is 0 Å². The summed E-state index contributed by atoms with van der Waals surface area (Å²) in [5.74, 6) is 0.233. The average molecular weight is 519 g/mol. The van der Waals surface area contributed by atoms with Gasteiger partial charge in [0.15, 0.2) is 0 Å². The largest absolute Gasteiger partial charge is 0.369 e. The van der Waals surface area contributed by atoms with Gasteiger partial charge in [0.1, 0.15) is 5.82 Å². The maximum Gasteiger partial charge on any atom is 0.248 e. The van der Waals surface area contributed by atoms with Crippen LogP contribution in [0.1, 0.15) is 18.4 Å². The maximum absolute atomic E-state index is 13.5. The Labute approximate surface area is 210 Å². The third-order valence-corrected chi connectivity index (χ3v) is 7.79. The summed E-state index contributed by atoms with van der Waals surface area (Å²) in [4.78, 5) is 18.2. The summed E-state index contributed by atoms with van der Waals surface area (Å²) >= 11 is 1.56. The number of nitrogens with one attached hydrogen (secondary N) is 2. The second kappa shape index (κ2) is 11.5. The first kappa shape index (κ1) is 25.5. The summed E-state index contributed by atoms with van der Waals surface area (Å²) < 4.78 is 39.0. The lowest BCUT2D eigenvalue weighted by Gasteiger charge is -2.36. The van der Waals surface area contributed by atoms with Crippen molar-refractivity contribution in [3.8, 4) is 0 Å². The van der Waals surface area contributed by atoms with Gasteiger partial charge in [-0.3, -0.25) is 14.4 Å². The average Bonchev–Trinajstić information content (AvgIpc) is 2.82. The summed E-state index contributed by atoms with van der Waals surface area (Å²) in [6, 6.07) is 12.2. The number of carbonyl (C=O) groups is 1. The predicted molar refractivity (Wildman–Crippen MR) is 141 cm³/mol. The minimum absolute atomic E-state index is 0.0754. The zero-order valence-corrected chi connectivity index (χ0v) is 21.4. The van der Waals surface area contributed by atoms with Crippen molar-refractivity contribution in [3.05, 3.63) is 59.4 Å². The van der Waals surface area contributed by atoms with Crippen molar-refractivity contribution in [3.63, 3.8) is 0 Å². The van der Waals surface area contributed by atoms with E-state index in [1.54, 1.807) is 30.0 Å². The number of anilines is 2. The number of fused-ring (bicyclic) bond motifs is 1. The van der Waals surface area contributed by atoms with E-state index in [9.17, 15) is 17.6 Å². The number of carbonyl (C=O) groups excluding carboxylic acids is 1. The molecule has 0 spiro atoms. The van der Waals surface area contributed by atoms with Crippen molar-refractivity contribution in [2.24, 2.45) is 0 Å². The third kappa shape index (κ3) is 7.46. The van der Waals surface area contributed by atoms with Crippen LogP contribution in [0.4, 0.5) is 15.8 Å². The van der Waals surface area contributed by atoms with Crippen LogP contribution in [0.25, 0.3) is 6.08 Å². The number of nitrogens with zero attached hydrogens (tertiary/aromatic N) is 2. The molecule has 2 aliphatic heterocycles. The summed E-state index contributed by atoms with van der Waals surface area (Å²) in [5.41, 5.74) is 3.04. The standard InChI is InChI=1S/C25H31FN4O3S2/c1-35(32,33)28-22-5-4-6-23(17-22)30-13-11-29(12-14-30)10-3-2-9-27-25(31)20-15-19-16-21(26)7-8-24(19)34-18-20/h4-8,15-17,28H,2-3,9-14,18H2,1H3,(H,27,31). The lowest BCUT2D eigenvalue weighted by atomic mass is 10.1. The molecule has 2 heterocycles. The summed E-state index contributed by atoms with van der Waals surface area (Å²) in [7, 11) is -3.29. The Balaban J connectivity index is 1.15. The van der Waals surface area contributed by atoms with E-state index < -0.39 is 10.0 Å². The monoisotopic (exact) mass is 518 g/mol. The number of thioether (sulfide) groups is 1. The fraction of sp³-hybridized carbons (Fsp3) is 0.400. The predicted octanol–water partition coefficient (Wildman–Crippen LogP) is 3.40. The van der Waals surface area contributed by atoms with Crippen molar-refractivity contribution in [1.82, 2.24) is 10.2 Å². The van der Waals surface area contributed by atoms with Gasteiger partial charge in [-0.15, -0.1) is 11.8 Å². The van der Waals surface area contributed by atoms with Gasteiger partial charge in [0, 0.05) is 54.6 Å². The first-order valence-corrected chi connectivity index (χ1v) is 14.6. The Morgan fingerprint density at radius 1 is 1.09 bits per heavy atom. The van der Waals surface area contributed by atoms with E-state index in [1.165, 1.54) is 12.1 Å². The van der Waals surface area contributed by atoms with E-state index in [0.717, 1.165) is 68.0 Å². The molecule has 2 aliphatic rings. The first-order chi connectivity index (χ1) is 16.8. The van der Waals surface area contributed by atoms with E-state index in [0.29, 0.717) is 23.6 Å². The van der Waals surface area contributed by atoms with Gasteiger partial charge in [0.05, 0.1) is 11.9 Å². The third-order valence-electron chi connectivity index (χ3n) is 6.05. The SMILES string of the molecule is CS(=O)(=O)Nc1cccc(N2CCN(CCCCNC(=O)C3=Cc4cc(F)ccc4SC3)CC2)c1. The summed E-state index contributed by atoms with van der Waals surface area (Å²) in [5, 5.41) is 3.00. The van der Waals surface area contributed by atoms with Gasteiger partial charge in [0.2, 0.25) is 15.9 Å². The summed E-state index contributed by atoms with van der Waals surface area (Å²) in [6.45, 7) is 5.24. The smallest absolute Gasteiger partial charge is 0.248 e. The molecule has 1 fully saturated rings. The Morgan fingerprint density at radius 3 is 2.66 bits per heavy atom. The highest BCUT2D eigenvalue weighted by Crippen LogP contribution is 2.32. The Kier molecular flexibility index (Phi) is 8.35. The van der Waals surface area contributed by atoms with Crippen LogP contribution >= 0.6 is 11.8 Å². The molecule has 2 N–H and O–H groups in total. The fourth-order valence-corrected chi connectivity index (χ4v) is 5.79. The molecule has 2 aromatic rings. The number of amides is 1. The molecule has 1 amide bonds. The molecular formula is C25H31FN4O3S2. The molecule has 35 heavy (non-hydrogen) atoms. The van der Waals surface area contributed by atoms with Crippen LogP contribution in [0.3, 0.4) is 0 Å². The highest BCUT2D eigenvalue weighted by atomic mass is 32.2. The van der Waals surface area contributed by atoms with Crippen molar-refractivity contribution >= 4 is 45.1 Å². The molecule has 4 rings (SSSR count). The van der Waals surface area contributed by atoms with Gasteiger partial charge in [-0.2, -0.15) is 0 Å². The first-order valence-electron chi connectivity index (χ1n) is 11.7. The van der Waals surface area contributed by atoms with Crippen molar-refractivity contribution < 1.29 is 17.6 Å². The molecule has 1 saturated heterocycles. The zero-order valence-electron chi connectivity index (χ0n) is 19.8. The Bertz CT molecular complexity index is 1190. The molecule has 0 saturated carbocycles. The maximum atomic E-state index is 13.5. The second-order valence-electron chi connectivity index (χ2n) is 8.86. The molecule has 0 aromatic heterocycles. The number of sulfonamides is 1. The fourth-order valence-electron chi connectivity index (χ4n) is 4.27. The van der Waals surface area contributed by atoms with Crippen LogP contribution in [0.5, 0.6) is 0 Å². The summed E-state index contributed by atoms with van der Waals surface area (Å²) in [6.07, 6.45) is 4.83. The molecule has 0 aliphatic carbocycles. The Morgan fingerprint density at radius 2 is 1.89 bits per heavy atom. The number of piperazine rings is 1. The van der Waals surface area contributed by atoms with E-state index in [4.69, 9.17) is 0 Å². The molecule has 2 aromatic carbocycles. The van der Waals surface area contributed by atoms with Crippen molar-refractivity contribution in [2.45, 2.75) is 17.7 Å². The number of hydrogen-bond donors (Lipinski definition) is 2. The second-order valence-corrected chi connectivity index (χ2v) is 11.6. The van der Waals surface area contributed by atoms with Gasteiger partial charge in [-0.1, -0.05) is 6.07 Å². The number of hydrogen-bond acceptors (Lipinski definition) is 6. The van der Waals surface area contributed by atoms with Crippen LogP contribution in [0, 0.1) is 5.82 Å². The normalized spacial score (nSPS) is 16.4. The van der Waals surface area contributed by atoms with Gasteiger partial charge in [-0.05, 0) is 67.4 Å². The zero-order chi connectivity index (χ0) is 24.8. The van der Waals surface area contributed by atoms with E-state index >= 15 is 0 Å². The molecule has 7 nitrogen and oxygen atoms in total. The van der Waals surface area contributed by atoms with Crippen LogP contribution in [0.15, 0.2) is 52.9 Å². The minimum atomic E-state index is -3.29. The minimum Gasteiger partial charge on any atom is -0.369 e. The number of rotatable bonds is 9. The number of benzene rings is 2. The highest BCUT2D eigenvalue weighted by Gasteiger charge is 2.19. The molecule has 10 heteroatoms. The van der Waals surface area contributed by atoms with Crippen LogP contribution in [-0.4, -0.2) is 70.5 Å². The number of unbranched alkanes of at least 4 members (excludes halogenated alkanes) is 1. The molecule has 0 radical (unpaired) electrons. The van der Waals surface area contributed by atoms with E-state index in [2.05, 4.69) is 19.8 Å². The topological polar surface area (TPSA) is 81.8 Å². The molecule has 0 bridgehead atoms. The van der Waals surface area contributed by atoms with Gasteiger partial charge in [0.25, 0.3) is 0 Å². The molecule has 0 unspecified atom stereocenters. The van der Waals surface area contributed by atoms with Crippen LogP contribution < -0.4 is 14.9 Å². The molecule has 188 valence electrons. The van der Waals surface area contributed by atoms with E-state index in [1.807, 2.05) is 18.2 Å². The van der Waals surface area contributed by atoms with Gasteiger partial charge in [-0.25, -0.2) is 12.8 Å². The van der Waals surface area contributed by atoms with E-state index in [-0.39, 0.29) is 11.7 Å². The van der Waals surface area contributed by atoms with Gasteiger partial charge >= 0.3 is 0 Å². The Hall–Kier alpha value is -2.56. The lowest BCUT2D eigenvalue weighted by Crippen LogP contribution is -2.46. The quantitative estimate of drug-likeness (QED) is 0.496. The lowest BCUT2D eigenvalue weighted by molar-refractivity contribution is -0.117. The van der Waals surface area contributed by atoms with Crippen LogP contribution in [-0.2, 0) is 14.8 Å². The number of halogens is 1. The molecular weight excluding hydrogens is 487 g/mol. The molecule has 0 atom stereocenters. The van der Waals surface area contributed by atoms with Gasteiger partial charge < -0.3 is 10.2 Å². The highest BCUT2D eigenvalue weighted by molar-refractivity contribution is 7.99. The van der Waals surface area contributed by atoms with Crippen molar-refractivity contribution in [1.29, 1.82) is 0 Å². The van der Waals surface area contributed by atoms with Crippen molar-refractivity contribution in [2.75, 3.05) is 60.9 Å².